The molecule has 0 spiro atoms. The predicted molar refractivity (Wildman–Crippen MR) is 90.9 cm³/mol. The van der Waals surface area contributed by atoms with E-state index in [0.717, 1.165) is 28.1 Å². The Hall–Kier alpha value is 0.400. The van der Waals surface area contributed by atoms with Gasteiger partial charge in [-0.2, -0.15) is 0 Å². The Kier molecular flexibility index (Phi) is 5.52. The van der Waals surface area contributed by atoms with E-state index >= 15 is 0 Å². The van der Waals surface area contributed by atoms with Gasteiger partial charge in [-0.05, 0) is 89.8 Å². The predicted octanol–water partition coefficient (Wildman–Crippen LogP) is 2.64. The zero-order valence-corrected chi connectivity index (χ0v) is 14.7. The molecule has 2 rings (SSSR count). The molecule has 1 aromatic carbocycles. The average molecular weight is 472 g/mol. The van der Waals surface area contributed by atoms with Crippen LogP contribution >= 0.6 is 45.2 Å². The molecule has 5 heteroatoms. The first kappa shape index (κ1) is 14.8. The van der Waals surface area contributed by atoms with Crippen molar-refractivity contribution >= 4 is 45.2 Å². The summed E-state index contributed by atoms with van der Waals surface area (Å²) in [6, 6.07) is 4.04. The van der Waals surface area contributed by atoms with Crippen LogP contribution in [-0.4, -0.2) is 36.7 Å². The lowest BCUT2D eigenvalue weighted by Gasteiger charge is -2.13. The highest BCUT2D eigenvalue weighted by molar-refractivity contribution is 14.1. The second-order valence-corrected chi connectivity index (χ2v) is 7.35. The first-order chi connectivity index (χ1) is 8.56. The summed E-state index contributed by atoms with van der Waals surface area (Å²) in [6.45, 7) is 4.17. The van der Waals surface area contributed by atoms with Crippen LogP contribution in [-0.2, 0) is 6.54 Å². The molecule has 2 N–H and O–H groups in total. The molecule has 1 aliphatic rings. The van der Waals surface area contributed by atoms with Gasteiger partial charge in [-0.25, -0.2) is 0 Å². The van der Waals surface area contributed by atoms with Crippen molar-refractivity contribution in [3.05, 3.63) is 24.8 Å². The molecule has 1 atom stereocenters. The molecule has 1 aromatic rings. The minimum Gasteiger partial charge on any atom is -0.507 e. The number of halogens is 2. The minimum absolute atomic E-state index is 0.423. The van der Waals surface area contributed by atoms with Crippen molar-refractivity contribution in [2.75, 3.05) is 26.7 Å². The van der Waals surface area contributed by atoms with Gasteiger partial charge in [0.15, 0.2) is 0 Å². The molecular formula is C13H18I2N2O. The smallest absolute Gasteiger partial charge is 0.133 e. The third kappa shape index (κ3) is 3.94. The van der Waals surface area contributed by atoms with E-state index in [1.54, 1.807) is 0 Å². The average Bonchev–Trinajstić information content (AvgIpc) is 2.71. The highest BCUT2D eigenvalue weighted by Crippen LogP contribution is 2.26. The largest absolute Gasteiger partial charge is 0.507 e. The molecule has 0 radical (unpaired) electrons. The van der Waals surface area contributed by atoms with Crippen molar-refractivity contribution < 1.29 is 5.11 Å². The van der Waals surface area contributed by atoms with E-state index in [-0.39, 0.29) is 0 Å². The van der Waals surface area contributed by atoms with E-state index in [0.29, 0.717) is 5.75 Å². The lowest BCUT2D eigenvalue weighted by Crippen LogP contribution is -2.24. The van der Waals surface area contributed by atoms with Gasteiger partial charge in [0.25, 0.3) is 0 Å². The van der Waals surface area contributed by atoms with Gasteiger partial charge in [0.1, 0.15) is 5.75 Å². The quantitative estimate of drug-likeness (QED) is 0.663. The molecule has 3 nitrogen and oxygen atoms in total. The van der Waals surface area contributed by atoms with Crippen molar-refractivity contribution in [2.24, 2.45) is 5.92 Å². The Morgan fingerprint density at radius 2 is 2.22 bits per heavy atom. The maximum absolute atomic E-state index is 10.00. The van der Waals surface area contributed by atoms with E-state index in [4.69, 9.17) is 0 Å². The summed E-state index contributed by atoms with van der Waals surface area (Å²) >= 11 is 4.47. The highest BCUT2D eigenvalue weighted by atomic mass is 127. The van der Waals surface area contributed by atoms with Crippen molar-refractivity contribution in [1.82, 2.24) is 10.2 Å². The molecule has 1 unspecified atom stereocenters. The van der Waals surface area contributed by atoms with E-state index in [9.17, 15) is 5.11 Å². The molecule has 0 saturated carbocycles. The normalized spacial score (nSPS) is 20.5. The lowest BCUT2D eigenvalue weighted by molar-refractivity contribution is 0.387. The number of aromatic hydroxyl groups is 1. The third-order valence-corrected chi connectivity index (χ3v) is 4.79. The summed E-state index contributed by atoms with van der Waals surface area (Å²) in [6.07, 6.45) is 1.28. The molecule has 1 fully saturated rings. The second kappa shape index (κ2) is 6.71. The summed E-state index contributed by atoms with van der Waals surface area (Å²) in [5.41, 5.74) is 0.998. The van der Waals surface area contributed by atoms with Crippen LogP contribution in [0.1, 0.15) is 12.0 Å². The lowest BCUT2D eigenvalue weighted by atomic mass is 10.1. The van der Waals surface area contributed by atoms with Crippen LogP contribution in [0.3, 0.4) is 0 Å². The molecule has 18 heavy (non-hydrogen) atoms. The zero-order chi connectivity index (χ0) is 13.1. The molecule has 0 aliphatic carbocycles. The molecule has 100 valence electrons. The number of nitrogens with one attached hydrogen (secondary N) is 1. The number of phenols is 1. The van der Waals surface area contributed by atoms with Crippen molar-refractivity contribution in [3.8, 4) is 5.75 Å². The fraction of sp³-hybridized carbons (Fsp3) is 0.538. The van der Waals surface area contributed by atoms with Crippen LogP contribution in [0.4, 0.5) is 0 Å². The van der Waals surface area contributed by atoms with Crippen LogP contribution < -0.4 is 5.32 Å². The molecule has 1 heterocycles. The van der Waals surface area contributed by atoms with E-state index < -0.39 is 0 Å². The number of benzene rings is 1. The molecule has 0 aromatic heterocycles. The van der Waals surface area contributed by atoms with Crippen LogP contribution in [0.15, 0.2) is 12.1 Å². The van der Waals surface area contributed by atoms with E-state index in [1.165, 1.54) is 23.1 Å². The summed E-state index contributed by atoms with van der Waals surface area (Å²) in [4.78, 5) is 2.37. The van der Waals surface area contributed by atoms with Gasteiger partial charge >= 0.3 is 0 Å². The van der Waals surface area contributed by atoms with Gasteiger partial charge in [0.05, 0.1) is 3.57 Å². The Morgan fingerprint density at radius 3 is 2.89 bits per heavy atom. The first-order valence-corrected chi connectivity index (χ1v) is 8.28. The number of hydrogen-bond donors (Lipinski definition) is 2. The summed E-state index contributed by atoms with van der Waals surface area (Å²) in [7, 11) is 2.17. The summed E-state index contributed by atoms with van der Waals surface area (Å²) in [5, 5.41) is 13.5. The maximum Gasteiger partial charge on any atom is 0.133 e. The zero-order valence-electron chi connectivity index (χ0n) is 10.4. The highest BCUT2D eigenvalue weighted by Gasteiger charge is 2.18. The van der Waals surface area contributed by atoms with Gasteiger partial charge in [0.2, 0.25) is 0 Å². The number of phenolic OH excluding ortho intramolecular Hbond substituents is 1. The van der Waals surface area contributed by atoms with Gasteiger partial charge < -0.3 is 15.3 Å². The molecule has 1 aliphatic heterocycles. The number of likely N-dealkylation sites (tertiary alicyclic amines) is 1. The standard InChI is InChI=1S/C13H18I2N2O/c1-17-3-2-9(8-17)6-16-7-10-4-11(14)5-12(15)13(10)18/h4-5,9,16,18H,2-3,6-8H2,1H3. The second-order valence-electron chi connectivity index (χ2n) is 4.94. The van der Waals surface area contributed by atoms with Crippen LogP contribution in [0, 0.1) is 13.1 Å². The topological polar surface area (TPSA) is 35.5 Å². The SMILES string of the molecule is CN1CCC(CNCc2cc(I)cc(I)c2O)C1. The van der Waals surface area contributed by atoms with Crippen molar-refractivity contribution in [3.63, 3.8) is 0 Å². The van der Waals surface area contributed by atoms with Gasteiger partial charge in [-0.3, -0.25) is 0 Å². The molecule has 0 amide bonds. The van der Waals surface area contributed by atoms with Gasteiger partial charge in [0, 0.05) is 22.2 Å². The van der Waals surface area contributed by atoms with Gasteiger partial charge in [-0.15, -0.1) is 0 Å². The third-order valence-electron chi connectivity index (χ3n) is 3.34. The Bertz CT molecular complexity index is 426. The Labute approximate surface area is 136 Å². The monoisotopic (exact) mass is 472 g/mol. The minimum atomic E-state index is 0.423. The number of rotatable bonds is 4. The van der Waals surface area contributed by atoms with Crippen molar-refractivity contribution in [1.29, 1.82) is 0 Å². The van der Waals surface area contributed by atoms with Crippen LogP contribution in [0.2, 0.25) is 0 Å². The Morgan fingerprint density at radius 1 is 1.44 bits per heavy atom. The number of nitrogens with zero attached hydrogens (tertiary/aromatic N) is 1. The maximum atomic E-state index is 10.00. The Balaban J connectivity index is 1.87. The fourth-order valence-electron chi connectivity index (χ4n) is 2.36. The van der Waals surface area contributed by atoms with Crippen LogP contribution in [0.5, 0.6) is 5.75 Å². The van der Waals surface area contributed by atoms with Crippen molar-refractivity contribution in [2.45, 2.75) is 13.0 Å². The summed E-state index contributed by atoms with van der Waals surface area (Å²) in [5.74, 6) is 1.17. The fourth-order valence-corrected chi connectivity index (χ4v) is 4.32. The van der Waals surface area contributed by atoms with Crippen LogP contribution in [0.25, 0.3) is 0 Å². The van der Waals surface area contributed by atoms with E-state index in [2.05, 4.69) is 62.4 Å². The number of hydrogen-bond acceptors (Lipinski definition) is 3. The molecule has 0 bridgehead atoms. The van der Waals surface area contributed by atoms with E-state index in [1.807, 2.05) is 12.1 Å². The molecule has 1 saturated heterocycles. The summed E-state index contributed by atoms with van der Waals surface area (Å²) < 4.78 is 2.10. The molecular weight excluding hydrogens is 454 g/mol. The van der Waals surface area contributed by atoms with Gasteiger partial charge in [-0.1, -0.05) is 0 Å². The first-order valence-electron chi connectivity index (χ1n) is 6.12.